The number of aromatic amines is 1. The highest BCUT2D eigenvalue weighted by Crippen LogP contribution is 2.28. The second-order valence-corrected chi connectivity index (χ2v) is 8.22. The largest absolute Gasteiger partial charge is 0.484 e. The first-order valence-electron chi connectivity index (χ1n) is 8.72. The Morgan fingerprint density at radius 2 is 1.90 bits per heavy atom. The average molecular weight is 425 g/mol. The fourth-order valence-corrected chi connectivity index (χ4v) is 4.28. The minimum absolute atomic E-state index is 0.0152. The van der Waals surface area contributed by atoms with Crippen LogP contribution in [-0.2, 0) is 10.5 Å². The van der Waals surface area contributed by atoms with Crippen LogP contribution in [0.4, 0.5) is 5.13 Å². The van der Waals surface area contributed by atoms with Crippen LogP contribution in [0.3, 0.4) is 0 Å². The molecule has 0 unspecified atom stereocenters. The summed E-state index contributed by atoms with van der Waals surface area (Å²) in [5.41, 5.74) is 1.59. The molecule has 1 amide bonds. The minimum Gasteiger partial charge on any atom is -0.484 e. The maximum atomic E-state index is 12.2. The number of aromatic nitrogens is 3. The standard InChI is InChI=1S/C20H16N4O3S2/c25-17-10-13(21-16-9-5-4-8-15(16)17)12-28-20-24-23-19(29-20)22-18(26)11-27-14-6-2-1-3-7-14/h1-10H,11-12H2,(H,21,25)(H,22,23,26). The fraction of sp³-hybridized carbons (Fsp3) is 0.100. The van der Waals surface area contributed by atoms with Gasteiger partial charge in [-0.1, -0.05) is 53.4 Å². The first-order chi connectivity index (χ1) is 14.2. The third kappa shape index (κ3) is 5.01. The van der Waals surface area contributed by atoms with E-state index in [1.807, 2.05) is 36.4 Å². The lowest BCUT2D eigenvalue weighted by Crippen LogP contribution is -2.20. The van der Waals surface area contributed by atoms with Gasteiger partial charge >= 0.3 is 0 Å². The minimum atomic E-state index is -0.305. The Balaban J connectivity index is 1.32. The van der Waals surface area contributed by atoms with E-state index < -0.39 is 0 Å². The highest BCUT2D eigenvalue weighted by atomic mass is 32.2. The van der Waals surface area contributed by atoms with E-state index in [4.69, 9.17) is 4.74 Å². The van der Waals surface area contributed by atoms with Crippen LogP contribution in [-0.4, -0.2) is 27.7 Å². The summed E-state index contributed by atoms with van der Waals surface area (Å²) in [5, 5.41) is 11.8. The van der Waals surface area contributed by atoms with E-state index in [0.29, 0.717) is 26.4 Å². The number of pyridine rings is 1. The summed E-state index contributed by atoms with van der Waals surface area (Å²) in [4.78, 5) is 27.4. The number of amides is 1. The second-order valence-electron chi connectivity index (χ2n) is 6.02. The Hall–Kier alpha value is -3.17. The highest BCUT2D eigenvalue weighted by molar-refractivity contribution is 8.00. The van der Waals surface area contributed by atoms with Gasteiger partial charge in [0, 0.05) is 28.4 Å². The van der Waals surface area contributed by atoms with E-state index in [1.165, 1.54) is 23.1 Å². The number of carbonyl (C=O) groups excluding carboxylic acids is 1. The molecular weight excluding hydrogens is 408 g/mol. The van der Waals surface area contributed by atoms with Crippen molar-refractivity contribution in [2.24, 2.45) is 0 Å². The monoisotopic (exact) mass is 424 g/mol. The molecule has 0 atom stereocenters. The molecule has 0 bridgehead atoms. The van der Waals surface area contributed by atoms with Crippen molar-refractivity contribution in [3.63, 3.8) is 0 Å². The van der Waals surface area contributed by atoms with Gasteiger partial charge in [-0.3, -0.25) is 14.9 Å². The SMILES string of the molecule is O=C(COc1ccccc1)Nc1nnc(SCc2cc(=O)c3ccccc3[nH]2)s1. The molecule has 0 radical (unpaired) electrons. The number of H-pyrrole nitrogens is 1. The van der Waals surface area contributed by atoms with Crippen molar-refractivity contribution < 1.29 is 9.53 Å². The number of nitrogens with one attached hydrogen (secondary N) is 2. The van der Waals surface area contributed by atoms with Crippen LogP contribution >= 0.6 is 23.1 Å². The maximum Gasteiger partial charge on any atom is 0.264 e. The third-order valence-corrected chi connectivity index (χ3v) is 5.93. The number of nitrogens with zero attached hydrogens (tertiary/aromatic N) is 2. The summed E-state index contributed by atoms with van der Waals surface area (Å²) in [7, 11) is 0. The smallest absolute Gasteiger partial charge is 0.264 e. The van der Waals surface area contributed by atoms with Crippen LogP contribution in [0.25, 0.3) is 10.9 Å². The summed E-state index contributed by atoms with van der Waals surface area (Å²) in [6.07, 6.45) is 0. The Bertz CT molecular complexity index is 1190. The average Bonchev–Trinajstić information content (AvgIpc) is 3.19. The Morgan fingerprint density at radius 1 is 1.10 bits per heavy atom. The molecule has 0 saturated carbocycles. The molecule has 0 saturated heterocycles. The lowest BCUT2D eigenvalue weighted by Gasteiger charge is -2.04. The van der Waals surface area contributed by atoms with Crippen molar-refractivity contribution in [1.29, 1.82) is 0 Å². The summed E-state index contributed by atoms with van der Waals surface area (Å²) in [6, 6.07) is 18.1. The van der Waals surface area contributed by atoms with Crippen LogP contribution in [0, 0.1) is 0 Å². The zero-order chi connectivity index (χ0) is 20.1. The van der Waals surface area contributed by atoms with Crippen LogP contribution in [0.2, 0.25) is 0 Å². The third-order valence-electron chi connectivity index (χ3n) is 3.91. The van der Waals surface area contributed by atoms with Crippen molar-refractivity contribution >= 4 is 45.0 Å². The molecule has 7 nitrogen and oxygen atoms in total. The van der Waals surface area contributed by atoms with E-state index in [-0.39, 0.29) is 17.9 Å². The number of thioether (sulfide) groups is 1. The molecule has 0 aliphatic heterocycles. The molecule has 2 aromatic heterocycles. The Kier molecular flexibility index (Phi) is 5.87. The molecule has 29 heavy (non-hydrogen) atoms. The van der Waals surface area contributed by atoms with Gasteiger partial charge < -0.3 is 9.72 Å². The number of para-hydroxylation sites is 2. The van der Waals surface area contributed by atoms with Gasteiger partial charge in [0.25, 0.3) is 5.91 Å². The van der Waals surface area contributed by atoms with Crippen molar-refractivity contribution in [2.45, 2.75) is 10.1 Å². The van der Waals surface area contributed by atoms with Crippen molar-refractivity contribution in [1.82, 2.24) is 15.2 Å². The van der Waals surface area contributed by atoms with E-state index in [2.05, 4.69) is 20.5 Å². The number of hydrogen-bond acceptors (Lipinski definition) is 7. The van der Waals surface area contributed by atoms with Gasteiger partial charge in [0.05, 0.1) is 0 Å². The molecule has 0 spiro atoms. The van der Waals surface area contributed by atoms with Gasteiger partial charge in [0.15, 0.2) is 16.4 Å². The molecule has 0 aliphatic carbocycles. The summed E-state index contributed by atoms with van der Waals surface area (Å²) < 4.78 is 6.10. The van der Waals surface area contributed by atoms with Gasteiger partial charge in [0.2, 0.25) is 5.13 Å². The van der Waals surface area contributed by atoms with Crippen LogP contribution in [0.1, 0.15) is 5.69 Å². The molecule has 2 heterocycles. The normalized spacial score (nSPS) is 10.8. The number of anilines is 1. The molecule has 2 aromatic carbocycles. The zero-order valence-corrected chi connectivity index (χ0v) is 16.8. The number of benzene rings is 2. The first-order valence-corrected chi connectivity index (χ1v) is 10.5. The molecule has 0 fully saturated rings. The van der Waals surface area contributed by atoms with Crippen molar-refractivity contribution in [2.75, 3.05) is 11.9 Å². The molecule has 4 aromatic rings. The lowest BCUT2D eigenvalue weighted by molar-refractivity contribution is -0.118. The number of ether oxygens (including phenoxy) is 1. The lowest BCUT2D eigenvalue weighted by atomic mass is 10.2. The van der Waals surface area contributed by atoms with Crippen LogP contribution < -0.4 is 15.5 Å². The molecule has 146 valence electrons. The van der Waals surface area contributed by atoms with E-state index in [9.17, 15) is 9.59 Å². The zero-order valence-electron chi connectivity index (χ0n) is 15.1. The topological polar surface area (TPSA) is 97.0 Å². The van der Waals surface area contributed by atoms with Gasteiger partial charge in [-0.05, 0) is 24.3 Å². The van der Waals surface area contributed by atoms with Gasteiger partial charge in [0.1, 0.15) is 5.75 Å². The number of hydrogen-bond donors (Lipinski definition) is 2. The first kappa shape index (κ1) is 19.2. The molecular formula is C20H16N4O3S2. The Labute approximate surface area is 174 Å². The summed E-state index contributed by atoms with van der Waals surface area (Å²) >= 11 is 2.71. The fourth-order valence-electron chi connectivity index (χ4n) is 2.61. The molecule has 2 N–H and O–H groups in total. The van der Waals surface area contributed by atoms with Gasteiger partial charge in [-0.25, -0.2) is 0 Å². The molecule has 4 rings (SSSR count). The van der Waals surface area contributed by atoms with E-state index >= 15 is 0 Å². The number of rotatable bonds is 7. The highest BCUT2D eigenvalue weighted by Gasteiger charge is 2.10. The maximum absolute atomic E-state index is 12.2. The second kappa shape index (κ2) is 8.89. The molecule has 9 heteroatoms. The summed E-state index contributed by atoms with van der Waals surface area (Å²) in [6.45, 7) is -0.107. The van der Waals surface area contributed by atoms with Crippen molar-refractivity contribution in [3.8, 4) is 5.75 Å². The van der Waals surface area contributed by atoms with Crippen molar-refractivity contribution in [3.05, 3.63) is 76.6 Å². The van der Waals surface area contributed by atoms with E-state index in [0.717, 1.165) is 11.2 Å². The van der Waals surface area contributed by atoms with Crippen LogP contribution in [0.15, 0.2) is 69.8 Å². The van der Waals surface area contributed by atoms with E-state index in [1.54, 1.807) is 24.3 Å². The predicted molar refractivity (Wildman–Crippen MR) is 115 cm³/mol. The van der Waals surface area contributed by atoms with Gasteiger partial charge in [-0.15, -0.1) is 10.2 Å². The predicted octanol–water partition coefficient (Wildman–Crippen LogP) is 3.69. The van der Waals surface area contributed by atoms with Gasteiger partial charge in [-0.2, -0.15) is 0 Å². The molecule has 0 aliphatic rings. The number of fused-ring (bicyclic) bond motifs is 1. The van der Waals surface area contributed by atoms with Crippen LogP contribution in [0.5, 0.6) is 5.75 Å². The Morgan fingerprint density at radius 3 is 2.76 bits per heavy atom. The number of carbonyl (C=O) groups is 1. The summed E-state index contributed by atoms with van der Waals surface area (Å²) in [5.74, 6) is 0.862. The quantitative estimate of drug-likeness (QED) is 0.347.